The van der Waals surface area contributed by atoms with Crippen molar-refractivity contribution in [3.63, 3.8) is 0 Å². The minimum atomic E-state index is -0.505. The second kappa shape index (κ2) is 8.03. The molecule has 150 valence electrons. The quantitative estimate of drug-likeness (QED) is 0.331. The van der Waals surface area contributed by atoms with Crippen LogP contribution < -0.4 is 10.1 Å². The van der Waals surface area contributed by atoms with Gasteiger partial charge in [0.2, 0.25) is 5.82 Å². The Morgan fingerprint density at radius 2 is 2.17 bits per heavy atom. The number of ether oxygens (including phenoxy) is 1. The third kappa shape index (κ3) is 4.80. The van der Waals surface area contributed by atoms with Crippen LogP contribution >= 0.6 is 11.8 Å². The van der Waals surface area contributed by atoms with E-state index in [9.17, 15) is 10.1 Å². The topological polar surface area (TPSA) is 129 Å². The monoisotopic (exact) mass is 414 g/mol. The highest BCUT2D eigenvalue weighted by atomic mass is 32.2. The van der Waals surface area contributed by atoms with Gasteiger partial charge in [0.05, 0.1) is 4.92 Å². The van der Waals surface area contributed by atoms with E-state index in [1.807, 2.05) is 32.0 Å². The van der Waals surface area contributed by atoms with Gasteiger partial charge >= 0.3 is 5.69 Å². The summed E-state index contributed by atoms with van der Waals surface area (Å²) < 4.78 is 11.3. The van der Waals surface area contributed by atoms with Crippen molar-refractivity contribution >= 4 is 23.3 Å². The van der Waals surface area contributed by atoms with Gasteiger partial charge in [-0.15, -0.1) is 10.2 Å². The van der Waals surface area contributed by atoms with Crippen LogP contribution in [0.1, 0.15) is 29.9 Å². The Morgan fingerprint density at radius 3 is 2.93 bits per heavy atom. The Labute approximate surface area is 170 Å². The smallest absolute Gasteiger partial charge is 0.329 e. The zero-order chi connectivity index (χ0) is 20.4. The number of aromatic nitrogens is 4. The summed E-state index contributed by atoms with van der Waals surface area (Å²) in [7, 11) is 0. The highest BCUT2D eigenvalue weighted by Gasteiger charge is 2.27. The number of nitrogens with one attached hydrogen (secondary N) is 1. The molecule has 0 spiro atoms. The second-order valence-electron chi connectivity index (χ2n) is 6.68. The summed E-state index contributed by atoms with van der Waals surface area (Å²) in [6.45, 7) is 4.08. The van der Waals surface area contributed by atoms with Gasteiger partial charge in [0.25, 0.3) is 11.1 Å². The van der Waals surface area contributed by atoms with Crippen molar-refractivity contribution in [2.24, 2.45) is 0 Å². The van der Waals surface area contributed by atoms with Crippen molar-refractivity contribution in [3.05, 3.63) is 51.5 Å². The molecule has 1 fully saturated rings. The summed E-state index contributed by atoms with van der Waals surface area (Å²) in [5.74, 6) is 1.27. The predicted octanol–water partition coefficient (Wildman–Crippen LogP) is 3.69. The minimum Gasteiger partial charge on any atom is -0.484 e. The number of benzene rings is 1. The molecule has 2 heterocycles. The van der Waals surface area contributed by atoms with Crippen molar-refractivity contribution in [1.29, 1.82) is 0 Å². The van der Waals surface area contributed by atoms with E-state index in [0.717, 1.165) is 41.5 Å². The first-order valence-corrected chi connectivity index (χ1v) is 9.78. The van der Waals surface area contributed by atoms with Crippen molar-refractivity contribution in [3.8, 4) is 5.75 Å². The molecule has 0 aliphatic heterocycles. The first-order valence-electron chi connectivity index (χ1n) is 8.96. The van der Waals surface area contributed by atoms with Crippen molar-refractivity contribution in [2.45, 2.75) is 49.7 Å². The molecule has 0 radical (unpaired) electrons. The summed E-state index contributed by atoms with van der Waals surface area (Å²) in [6, 6.07) is 6.17. The molecule has 3 aromatic rings. The number of nitrogens with zero attached hydrogens (tertiary/aromatic N) is 5. The van der Waals surface area contributed by atoms with Crippen LogP contribution in [0, 0.1) is 24.0 Å². The Morgan fingerprint density at radius 1 is 1.34 bits per heavy atom. The van der Waals surface area contributed by atoms with Crippen LogP contribution in [0.25, 0.3) is 0 Å². The zero-order valence-corrected chi connectivity index (χ0v) is 16.6. The third-order valence-corrected chi connectivity index (χ3v) is 4.90. The molecule has 2 aromatic heterocycles. The average Bonchev–Trinajstić information content (AvgIpc) is 3.39. The molecule has 10 nitrogen and oxygen atoms in total. The van der Waals surface area contributed by atoms with Gasteiger partial charge in [-0.1, -0.05) is 12.1 Å². The summed E-state index contributed by atoms with van der Waals surface area (Å²) in [6.07, 6.45) is 3.12. The second-order valence-corrected chi connectivity index (χ2v) is 7.60. The summed E-state index contributed by atoms with van der Waals surface area (Å²) in [5, 5.41) is 22.6. The summed E-state index contributed by atoms with van der Waals surface area (Å²) >= 11 is 1.04. The van der Waals surface area contributed by atoms with E-state index < -0.39 is 4.92 Å². The fourth-order valence-electron chi connectivity index (χ4n) is 2.49. The van der Waals surface area contributed by atoms with Crippen LogP contribution in [0.4, 0.5) is 11.5 Å². The molecule has 0 atom stereocenters. The Balaban J connectivity index is 1.43. The van der Waals surface area contributed by atoms with Crippen LogP contribution in [-0.2, 0) is 6.61 Å². The molecule has 1 aromatic carbocycles. The normalized spacial score (nSPS) is 13.3. The maximum absolute atomic E-state index is 11.2. The van der Waals surface area contributed by atoms with E-state index in [4.69, 9.17) is 9.15 Å². The van der Waals surface area contributed by atoms with E-state index in [0.29, 0.717) is 5.89 Å². The molecule has 29 heavy (non-hydrogen) atoms. The van der Waals surface area contributed by atoms with Gasteiger partial charge in [0, 0.05) is 17.8 Å². The molecule has 0 saturated heterocycles. The van der Waals surface area contributed by atoms with Crippen molar-refractivity contribution in [2.75, 3.05) is 5.32 Å². The van der Waals surface area contributed by atoms with Crippen molar-refractivity contribution < 1.29 is 14.1 Å². The van der Waals surface area contributed by atoms with Crippen LogP contribution in [0.3, 0.4) is 0 Å². The molecule has 11 heteroatoms. The van der Waals surface area contributed by atoms with E-state index in [1.54, 1.807) is 0 Å². The van der Waals surface area contributed by atoms with Crippen LogP contribution in [-0.4, -0.2) is 31.1 Å². The highest BCUT2D eigenvalue weighted by Crippen LogP contribution is 2.32. The Bertz CT molecular complexity index is 1050. The molecule has 0 bridgehead atoms. The van der Waals surface area contributed by atoms with Gasteiger partial charge in [0.1, 0.15) is 11.9 Å². The van der Waals surface area contributed by atoms with Gasteiger partial charge in [0.15, 0.2) is 11.8 Å². The van der Waals surface area contributed by atoms with Gasteiger partial charge in [-0.3, -0.25) is 10.1 Å². The summed E-state index contributed by atoms with van der Waals surface area (Å²) in [5.41, 5.74) is 1.95. The van der Waals surface area contributed by atoms with Gasteiger partial charge < -0.3 is 14.5 Å². The lowest BCUT2D eigenvalue weighted by Crippen LogP contribution is -2.07. The fourth-order valence-corrected chi connectivity index (χ4v) is 3.11. The van der Waals surface area contributed by atoms with E-state index >= 15 is 0 Å². The SMILES string of the molecule is Cc1ccc(C)c(OCc2nnc(Sc3ncc([N+](=O)[O-])c(NC4CC4)n3)o2)c1. The fraction of sp³-hybridized carbons (Fsp3) is 0.333. The minimum absolute atomic E-state index is 0.132. The molecule has 1 saturated carbocycles. The van der Waals surface area contributed by atoms with Crippen LogP contribution in [0.2, 0.25) is 0 Å². The number of rotatable bonds is 8. The lowest BCUT2D eigenvalue weighted by atomic mass is 10.1. The van der Waals surface area contributed by atoms with Crippen molar-refractivity contribution in [1.82, 2.24) is 20.2 Å². The van der Waals surface area contributed by atoms with Gasteiger partial charge in [-0.25, -0.2) is 4.98 Å². The number of hydrogen-bond donors (Lipinski definition) is 1. The Kier molecular flexibility index (Phi) is 5.30. The molecule has 0 amide bonds. The molecule has 1 aliphatic rings. The molecule has 1 N–H and O–H groups in total. The average molecular weight is 414 g/mol. The van der Waals surface area contributed by atoms with Crippen LogP contribution in [0.5, 0.6) is 5.75 Å². The third-order valence-electron chi connectivity index (χ3n) is 4.18. The Hall–Kier alpha value is -3.21. The lowest BCUT2D eigenvalue weighted by molar-refractivity contribution is -0.384. The largest absolute Gasteiger partial charge is 0.484 e. The first-order chi connectivity index (χ1) is 14.0. The highest BCUT2D eigenvalue weighted by molar-refractivity contribution is 7.98. The number of anilines is 1. The molecular weight excluding hydrogens is 396 g/mol. The molecule has 1 aliphatic carbocycles. The first kappa shape index (κ1) is 19.1. The molecular formula is C18H18N6O4S. The molecule has 0 unspecified atom stereocenters. The number of aryl methyl sites for hydroxylation is 2. The number of hydrogen-bond acceptors (Lipinski definition) is 10. The van der Waals surface area contributed by atoms with E-state index in [2.05, 4.69) is 25.5 Å². The standard InChI is InChI=1S/C18H18N6O4S/c1-10-3-4-11(2)14(7-10)27-9-15-22-23-18(28-15)29-17-19-8-13(24(25)26)16(21-17)20-12-5-6-12/h3-4,7-8,12H,5-6,9H2,1-2H3,(H,19,20,21). The van der Waals surface area contributed by atoms with Gasteiger partial charge in [-0.05, 0) is 43.9 Å². The summed E-state index contributed by atoms with van der Waals surface area (Å²) in [4.78, 5) is 18.9. The predicted molar refractivity (Wildman–Crippen MR) is 104 cm³/mol. The zero-order valence-electron chi connectivity index (χ0n) is 15.8. The molecule has 4 rings (SSSR count). The van der Waals surface area contributed by atoms with Crippen LogP contribution in [0.15, 0.2) is 39.2 Å². The number of nitro groups is 1. The maximum atomic E-state index is 11.2. The maximum Gasteiger partial charge on any atom is 0.329 e. The van der Waals surface area contributed by atoms with E-state index in [1.165, 1.54) is 6.20 Å². The van der Waals surface area contributed by atoms with E-state index in [-0.39, 0.29) is 34.5 Å². The lowest BCUT2D eigenvalue weighted by Gasteiger charge is -2.07. The van der Waals surface area contributed by atoms with Gasteiger partial charge in [-0.2, -0.15) is 4.98 Å².